The van der Waals surface area contributed by atoms with Gasteiger partial charge in [-0.05, 0) is 35.9 Å². The Labute approximate surface area is 168 Å². The van der Waals surface area contributed by atoms with Gasteiger partial charge in [-0.2, -0.15) is 4.98 Å². The predicted octanol–water partition coefficient (Wildman–Crippen LogP) is 3.75. The van der Waals surface area contributed by atoms with Crippen LogP contribution in [-0.2, 0) is 4.79 Å². The van der Waals surface area contributed by atoms with E-state index >= 15 is 0 Å². The Hall–Kier alpha value is -3.12. The van der Waals surface area contributed by atoms with E-state index in [4.69, 9.17) is 16.1 Å². The molecule has 142 valence electrons. The molecule has 0 radical (unpaired) electrons. The van der Waals surface area contributed by atoms with Gasteiger partial charge < -0.3 is 14.3 Å². The summed E-state index contributed by atoms with van der Waals surface area (Å²) in [5, 5.41) is 4.71. The van der Waals surface area contributed by atoms with Gasteiger partial charge in [-0.25, -0.2) is 0 Å². The van der Waals surface area contributed by atoms with Gasteiger partial charge in [0, 0.05) is 42.8 Å². The highest BCUT2D eigenvalue weighted by molar-refractivity contribution is 6.30. The average Bonchev–Trinajstić information content (AvgIpc) is 3.24. The van der Waals surface area contributed by atoms with Gasteiger partial charge in [-0.1, -0.05) is 47.1 Å². The molecule has 2 aromatic carbocycles. The monoisotopic (exact) mass is 394 g/mol. The lowest BCUT2D eigenvalue weighted by Gasteiger charge is -2.32. The van der Waals surface area contributed by atoms with Gasteiger partial charge in [0.15, 0.2) is 0 Å². The van der Waals surface area contributed by atoms with Crippen molar-refractivity contribution in [2.24, 2.45) is 0 Å². The molecule has 2 heterocycles. The lowest BCUT2D eigenvalue weighted by Crippen LogP contribution is -2.48. The molecular formula is C21H19ClN4O2. The maximum absolute atomic E-state index is 12.4. The Kier molecular flexibility index (Phi) is 5.39. The second-order valence-electron chi connectivity index (χ2n) is 6.46. The molecule has 0 N–H and O–H groups in total. The van der Waals surface area contributed by atoms with Gasteiger partial charge >= 0.3 is 6.01 Å². The van der Waals surface area contributed by atoms with Crippen molar-refractivity contribution in [1.82, 2.24) is 15.0 Å². The van der Waals surface area contributed by atoms with Crippen molar-refractivity contribution in [3.8, 4) is 11.4 Å². The van der Waals surface area contributed by atoms with Gasteiger partial charge in [-0.15, -0.1) is 0 Å². The van der Waals surface area contributed by atoms with Crippen LogP contribution in [-0.4, -0.2) is 47.1 Å². The Morgan fingerprint density at radius 1 is 1.00 bits per heavy atom. The van der Waals surface area contributed by atoms with E-state index in [0.717, 1.165) is 11.1 Å². The van der Waals surface area contributed by atoms with Crippen molar-refractivity contribution >= 4 is 29.6 Å². The van der Waals surface area contributed by atoms with E-state index < -0.39 is 0 Å². The van der Waals surface area contributed by atoms with E-state index in [2.05, 4.69) is 10.1 Å². The second-order valence-corrected chi connectivity index (χ2v) is 6.90. The molecule has 1 aliphatic rings. The molecule has 6 nitrogen and oxygen atoms in total. The molecule has 0 atom stereocenters. The first kappa shape index (κ1) is 18.3. The molecular weight excluding hydrogens is 376 g/mol. The molecule has 4 rings (SSSR count). The van der Waals surface area contributed by atoms with Crippen LogP contribution >= 0.6 is 11.6 Å². The fraction of sp³-hybridized carbons (Fsp3) is 0.190. The molecule has 0 bridgehead atoms. The SMILES string of the molecule is O=C(C=Cc1ccccc1)N1CCN(c2nc(-c3ccc(Cl)cc3)no2)CC1. The van der Waals surface area contributed by atoms with E-state index in [0.29, 0.717) is 43.0 Å². The van der Waals surface area contributed by atoms with Crippen molar-refractivity contribution in [3.05, 3.63) is 71.3 Å². The number of halogens is 1. The summed E-state index contributed by atoms with van der Waals surface area (Å²) in [5.74, 6) is 0.534. The van der Waals surface area contributed by atoms with E-state index in [1.54, 1.807) is 18.2 Å². The number of benzene rings is 2. The molecule has 1 amide bonds. The molecule has 0 unspecified atom stereocenters. The normalized spacial score (nSPS) is 14.6. The highest BCUT2D eigenvalue weighted by atomic mass is 35.5. The molecule has 0 aliphatic carbocycles. The van der Waals surface area contributed by atoms with Gasteiger partial charge in [0.25, 0.3) is 0 Å². The molecule has 7 heteroatoms. The molecule has 3 aromatic rings. The number of piperazine rings is 1. The van der Waals surface area contributed by atoms with Crippen LogP contribution < -0.4 is 4.90 Å². The van der Waals surface area contributed by atoms with Crippen molar-refractivity contribution < 1.29 is 9.32 Å². The number of hydrogen-bond donors (Lipinski definition) is 0. The molecule has 0 saturated carbocycles. The third-order valence-electron chi connectivity index (χ3n) is 4.60. The van der Waals surface area contributed by atoms with Gasteiger partial charge in [-0.3, -0.25) is 4.79 Å². The van der Waals surface area contributed by atoms with E-state index in [1.807, 2.05) is 58.3 Å². The summed E-state index contributed by atoms with van der Waals surface area (Å²) in [6, 6.07) is 17.5. The highest BCUT2D eigenvalue weighted by Gasteiger charge is 2.23. The van der Waals surface area contributed by atoms with Crippen molar-refractivity contribution in [2.45, 2.75) is 0 Å². The summed E-state index contributed by atoms with van der Waals surface area (Å²) < 4.78 is 5.40. The fourth-order valence-electron chi connectivity index (χ4n) is 3.02. The van der Waals surface area contributed by atoms with Crippen LogP contribution in [0.25, 0.3) is 17.5 Å². The maximum atomic E-state index is 12.4. The van der Waals surface area contributed by atoms with Crippen molar-refractivity contribution in [3.63, 3.8) is 0 Å². The highest BCUT2D eigenvalue weighted by Crippen LogP contribution is 2.22. The van der Waals surface area contributed by atoms with Crippen LogP contribution in [0.15, 0.2) is 65.2 Å². The van der Waals surface area contributed by atoms with Gasteiger partial charge in [0.1, 0.15) is 0 Å². The van der Waals surface area contributed by atoms with Crippen LogP contribution in [0.2, 0.25) is 5.02 Å². The Balaban J connectivity index is 1.35. The lowest BCUT2D eigenvalue weighted by molar-refractivity contribution is -0.126. The molecule has 1 aliphatic heterocycles. The smallest absolute Gasteiger partial charge is 0.324 e. The van der Waals surface area contributed by atoms with Crippen LogP contribution in [0, 0.1) is 0 Å². The summed E-state index contributed by atoms with van der Waals surface area (Å²) in [7, 11) is 0. The molecule has 28 heavy (non-hydrogen) atoms. The van der Waals surface area contributed by atoms with Crippen molar-refractivity contribution in [2.75, 3.05) is 31.1 Å². The minimum absolute atomic E-state index is 0.0101. The Morgan fingerprint density at radius 3 is 2.43 bits per heavy atom. The minimum Gasteiger partial charge on any atom is -0.336 e. The van der Waals surface area contributed by atoms with Crippen LogP contribution in [0.3, 0.4) is 0 Å². The lowest BCUT2D eigenvalue weighted by atomic mass is 10.2. The number of anilines is 1. The number of nitrogens with zero attached hydrogens (tertiary/aromatic N) is 4. The van der Waals surface area contributed by atoms with Crippen LogP contribution in [0.5, 0.6) is 0 Å². The first-order valence-corrected chi connectivity index (χ1v) is 9.43. The summed E-state index contributed by atoms with van der Waals surface area (Å²) >= 11 is 5.91. The maximum Gasteiger partial charge on any atom is 0.324 e. The summed E-state index contributed by atoms with van der Waals surface area (Å²) in [5.41, 5.74) is 1.86. The number of rotatable bonds is 4. The van der Waals surface area contributed by atoms with Crippen LogP contribution in [0.4, 0.5) is 6.01 Å². The van der Waals surface area contributed by atoms with Crippen molar-refractivity contribution in [1.29, 1.82) is 0 Å². The first-order valence-electron chi connectivity index (χ1n) is 9.06. The fourth-order valence-corrected chi connectivity index (χ4v) is 3.14. The zero-order valence-electron chi connectivity index (χ0n) is 15.2. The van der Waals surface area contributed by atoms with E-state index in [1.165, 1.54) is 0 Å². The molecule has 1 saturated heterocycles. The van der Waals surface area contributed by atoms with Crippen LogP contribution in [0.1, 0.15) is 5.56 Å². The molecule has 1 aromatic heterocycles. The third-order valence-corrected chi connectivity index (χ3v) is 4.85. The summed E-state index contributed by atoms with van der Waals surface area (Å²) in [4.78, 5) is 20.7. The topological polar surface area (TPSA) is 62.5 Å². The summed E-state index contributed by atoms with van der Waals surface area (Å²) in [6.45, 7) is 2.51. The third kappa shape index (κ3) is 4.23. The van der Waals surface area contributed by atoms with Gasteiger partial charge in [0.2, 0.25) is 11.7 Å². The average molecular weight is 395 g/mol. The quantitative estimate of drug-likeness (QED) is 0.630. The predicted molar refractivity (Wildman–Crippen MR) is 109 cm³/mol. The number of carbonyl (C=O) groups is 1. The number of aromatic nitrogens is 2. The molecule has 1 fully saturated rings. The standard InChI is InChI=1S/C21H19ClN4O2/c22-18-9-7-17(8-10-18)20-23-21(28-24-20)26-14-12-25(13-15-26)19(27)11-6-16-4-2-1-3-5-16/h1-11H,12-15H2. The van der Waals surface area contributed by atoms with E-state index in [9.17, 15) is 4.79 Å². The largest absolute Gasteiger partial charge is 0.336 e. The number of amides is 1. The zero-order valence-corrected chi connectivity index (χ0v) is 15.9. The van der Waals surface area contributed by atoms with Gasteiger partial charge in [0.05, 0.1) is 0 Å². The Morgan fingerprint density at radius 2 is 1.71 bits per heavy atom. The first-order chi connectivity index (χ1) is 13.7. The zero-order chi connectivity index (χ0) is 19.3. The summed E-state index contributed by atoms with van der Waals surface area (Å²) in [6.07, 6.45) is 3.46. The Bertz CT molecular complexity index is 962. The minimum atomic E-state index is 0.0101. The number of carbonyl (C=O) groups excluding carboxylic acids is 1. The van der Waals surface area contributed by atoms with E-state index in [-0.39, 0.29) is 5.91 Å². The second kappa shape index (κ2) is 8.27. The number of hydrogen-bond acceptors (Lipinski definition) is 5. The molecule has 0 spiro atoms.